The van der Waals surface area contributed by atoms with Gasteiger partial charge < -0.3 is 15.3 Å². The zero-order chi connectivity index (χ0) is 13.7. The molecule has 1 aliphatic heterocycles. The minimum atomic E-state index is -0.854. The van der Waals surface area contributed by atoms with E-state index in [0.717, 1.165) is 19.4 Å². The standard InChI is InChI=1S/C13H24N2O3/c1-4-15(10(3)8-12(16)17)13(18)11-5-6-14-9(2)7-11/h9-11,14H,4-8H2,1-3H3,(H,16,17). The molecule has 0 spiro atoms. The summed E-state index contributed by atoms with van der Waals surface area (Å²) < 4.78 is 0. The summed E-state index contributed by atoms with van der Waals surface area (Å²) in [5, 5.41) is 12.1. The van der Waals surface area contributed by atoms with Gasteiger partial charge in [-0.1, -0.05) is 0 Å². The molecule has 1 heterocycles. The Morgan fingerprint density at radius 2 is 2.17 bits per heavy atom. The third kappa shape index (κ3) is 3.98. The van der Waals surface area contributed by atoms with Crippen molar-refractivity contribution in [2.45, 2.75) is 52.1 Å². The number of carbonyl (C=O) groups is 2. The van der Waals surface area contributed by atoms with E-state index >= 15 is 0 Å². The second-order valence-electron chi connectivity index (χ2n) is 5.15. The quantitative estimate of drug-likeness (QED) is 0.772. The molecule has 0 radical (unpaired) electrons. The van der Waals surface area contributed by atoms with Crippen LogP contribution in [0.15, 0.2) is 0 Å². The SMILES string of the molecule is CCN(C(=O)C1CCNC(C)C1)C(C)CC(=O)O. The first-order valence-corrected chi connectivity index (χ1v) is 6.71. The molecule has 0 aliphatic carbocycles. The van der Waals surface area contributed by atoms with Crippen LogP contribution in [0, 0.1) is 5.92 Å². The molecule has 0 saturated carbocycles. The van der Waals surface area contributed by atoms with Crippen LogP contribution in [-0.4, -0.2) is 47.1 Å². The third-order valence-electron chi connectivity index (χ3n) is 3.60. The van der Waals surface area contributed by atoms with Gasteiger partial charge in [0.15, 0.2) is 0 Å². The van der Waals surface area contributed by atoms with E-state index in [9.17, 15) is 9.59 Å². The minimum Gasteiger partial charge on any atom is -0.481 e. The van der Waals surface area contributed by atoms with Crippen LogP contribution >= 0.6 is 0 Å². The van der Waals surface area contributed by atoms with Crippen molar-refractivity contribution in [3.63, 3.8) is 0 Å². The largest absolute Gasteiger partial charge is 0.481 e. The fourth-order valence-corrected chi connectivity index (χ4v) is 2.64. The number of amides is 1. The summed E-state index contributed by atoms with van der Waals surface area (Å²) >= 11 is 0. The maximum Gasteiger partial charge on any atom is 0.305 e. The van der Waals surface area contributed by atoms with Gasteiger partial charge in [-0.2, -0.15) is 0 Å². The summed E-state index contributed by atoms with van der Waals surface area (Å²) in [5.74, 6) is -0.704. The average Bonchev–Trinajstić information content (AvgIpc) is 2.28. The summed E-state index contributed by atoms with van der Waals surface area (Å²) in [5.41, 5.74) is 0. The summed E-state index contributed by atoms with van der Waals surface area (Å²) in [6.45, 7) is 7.23. The topological polar surface area (TPSA) is 69.6 Å². The van der Waals surface area contributed by atoms with Gasteiger partial charge in [-0.05, 0) is 40.2 Å². The molecule has 2 N–H and O–H groups in total. The summed E-state index contributed by atoms with van der Waals surface area (Å²) in [7, 11) is 0. The molecule has 1 fully saturated rings. The molecule has 0 bridgehead atoms. The van der Waals surface area contributed by atoms with Crippen LogP contribution in [0.4, 0.5) is 0 Å². The Labute approximate surface area is 109 Å². The highest BCUT2D eigenvalue weighted by atomic mass is 16.4. The fourth-order valence-electron chi connectivity index (χ4n) is 2.64. The summed E-state index contributed by atoms with van der Waals surface area (Å²) in [6, 6.07) is 0.131. The van der Waals surface area contributed by atoms with Gasteiger partial charge in [0.2, 0.25) is 5.91 Å². The Balaban J connectivity index is 2.63. The molecule has 0 aromatic carbocycles. The molecule has 0 aromatic rings. The Hall–Kier alpha value is -1.10. The first-order chi connectivity index (χ1) is 8.45. The molecule has 1 saturated heterocycles. The maximum absolute atomic E-state index is 12.4. The second-order valence-corrected chi connectivity index (χ2v) is 5.15. The lowest BCUT2D eigenvalue weighted by Gasteiger charge is -2.34. The van der Waals surface area contributed by atoms with Crippen molar-refractivity contribution in [3.05, 3.63) is 0 Å². The molecule has 5 nitrogen and oxygen atoms in total. The molecule has 3 unspecified atom stereocenters. The smallest absolute Gasteiger partial charge is 0.305 e. The van der Waals surface area contributed by atoms with Crippen LogP contribution in [0.5, 0.6) is 0 Å². The van der Waals surface area contributed by atoms with Crippen LogP contribution in [0.3, 0.4) is 0 Å². The number of aliphatic carboxylic acids is 1. The van der Waals surface area contributed by atoms with E-state index in [1.54, 1.807) is 11.8 Å². The molecule has 0 aromatic heterocycles. The lowest BCUT2D eigenvalue weighted by atomic mass is 9.91. The van der Waals surface area contributed by atoms with E-state index < -0.39 is 5.97 Å². The van der Waals surface area contributed by atoms with Crippen molar-refractivity contribution in [2.75, 3.05) is 13.1 Å². The number of hydrogen-bond donors (Lipinski definition) is 2. The Kier molecular flexibility index (Phi) is 5.59. The fraction of sp³-hybridized carbons (Fsp3) is 0.846. The van der Waals surface area contributed by atoms with Gasteiger partial charge in [-0.25, -0.2) is 0 Å². The van der Waals surface area contributed by atoms with Crippen molar-refractivity contribution in [3.8, 4) is 0 Å². The summed E-state index contributed by atoms with van der Waals surface area (Å²) in [4.78, 5) is 24.8. The first kappa shape index (κ1) is 15.0. The van der Waals surface area contributed by atoms with Crippen LogP contribution in [0.1, 0.15) is 40.0 Å². The van der Waals surface area contributed by atoms with E-state index in [1.165, 1.54) is 0 Å². The maximum atomic E-state index is 12.4. The van der Waals surface area contributed by atoms with Crippen molar-refractivity contribution >= 4 is 11.9 Å². The normalized spacial score (nSPS) is 25.5. The molecule has 1 rings (SSSR count). The van der Waals surface area contributed by atoms with Gasteiger partial charge in [-0.3, -0.25) is 9.59 Å². The second kappa shape index (κ2) is 6.73. The lowest BCUT2D eigenvalue weighted by molar-refractivity contribution is -0.142. The van der Waals surface area contributed by atoms with Gasteiger partial charge in [-0.15, -0.1) is 0 Å². The van der Waals surface area contributed by atoms with E-state index in [-0.39, 0.29) is 24.3 Å². The number of nitrogens with one attached hydrogen (secondary N) is 1. The number of carboxylic acids is 1. The van der Waals surface area contributed by atoms with Crippen LogP contribution in [0.2, 0.25) is 0 Å². The number of rotatable bonds is 5. The molecule has 3 atom stereocenters. The van der Waals surface area contributed by atoms with Gasteiger partial charge in [0, 0.05) is 24.5 Å². The molecule has 1 amide bonds. The van der Waals surface area contributed by atoms with Crippen LogP contribution in [-0.2, 0) is 9.59 Å². The van der Waals surface area contributed by atoms with Crippen molar-refractivity contribution in [1.82, 2.24) is 10.2 Å². The minimum absolute atomic E-state index is 0.0140. The van der Waals surface area contributed by atoms with Gasteiger partial charge in [0.25, 0.3) is 0 Å². The van der Waals surface area contributed by atoms with Gasteiger partial charge >= 0.3 is 5.97 Å². The highest BCUT2D eigenvalue weighted by molar-refractivity contribution is 5.80. The van der Waals surface area contributed by atoms with E-state index in [4.69, 9.17) is 5.11 Å². The monoisotopic (exact) mass is 256 g/mol. The molecular formula is C13H24N2O3. The van der Waals surface area contributed by atoms with Gasteiger partial charge in [0.1, 0.15) is 0 Å². The van der Waals surface area contributed by atoms with E-state index in [0.29, 0.717) is 12.6 Å². The highest BCUT2D eigenvalue weighted by Crippen LogP contribution is 2.20. The van der Waals surface area contributed by atoms with Crippen LogP contribution < -0.4 is 5.32 Å². The number of hydrogen-bond acceptors (Lipinski definition) is 3. The predicted molar refractivity (Wildman–Crippen MR) is 69.3 cm³/mol. The first-order valence-electron chi connectivity index (χ1n) is 6.71. The van der Waals surface area contributed by atoms with Crippen molar-refractivity contribution < 1.29 is 14.7 Å². The van der Waals surface area contributed by atoms with Crippen molar-refractivity contribution in [1.29, 1.82) is 0 Å². The predicted octanol–water partition coefficient (Wildman–Crippen LogP) is 1.09. The highest BCUT2D eigenvalue weighted by Gasteiger charge is 2.30. The lowest BCUT2D eigenvalue weighted by Crippen LogP contribution is -2.47. The van der Waals surface area contributed by atoms with Crippen LogP contribution in [0.25, 0.3) is 0 Å². The summed E-state index contributed by atoms with van der Waals surface area (Å²) in [6.07, 6.45) is 1.70. The number of nitrogens with zero attached hydrogens (tertiary/aromatic N) is 1. The molecule has 1 aliphatic rings. The Morgan fingerprint density at radius 1 is 1.50 bits per heavy atom. The van der Waals surface area contributed by atoms with E-state index in [2.05, 4.69) is 12.2 Å². The number of carbonyl (C=O) groups excluding carboxylic acids is 1. The molecule has 18 heavy (non-hydrogen) atoms. The van der Waals surface area contributed by atoms with Gasteiger partial charge in [0.05, 0.1) is 6.42 Å². The zero-order valence-electron chi connectivity index (χ0n) is 11.5. The number of piperidine rings is 1. The zero-order valence-corrected chi connectivity index (χ0v) is 11.5. The molecule has 104 valence electrons. The molecule has 5 heteroatoms. The molecular weight excluding hydrogens is 232 g/mol. The number of carboxylic acid groups (broad SMARTS) is 1. The van der Waals surface area contributed by atoms with Crippen molar-refractivity contribution in [2.24, 2.45) is 5.92 Å². The third-order valence-corrected chi connectivity index (χ3v) is 3.60. The Morgan fingerprint density at radius 3 is 2.67 bits per heavy atom. The Bertz CT molecular complexity index is 307. The average molecular weight is 256 g/mol. The van der Waals surface area contributed by atoms with E-state index in [1.807, 2.05) is 6.92 Å².